The molecule has 2 aromatic rings. The van der Waals surface area contributed by atoms with Crippen LogP contribution in [0.15, 0.2) is 22.6 Å². The van der Waals surface area contributed by atoms with Crippen LogP contribution in [0.5, 0.6) is 0 Å². The first-order chi connectivity index (χ1) is 11.5. The molecule has 6 nitrogen and oxygen atoms in total. The predicted octanol–water partition coefficient (Wildman–Crippen LogP) is 3.23. The van der Waals surface area contributed by atoms with Crippen molar-refractivity contribution in [3.05, 3.63) is 29.5 Å². The lowest BCUT2D eigenvalue weighted by Crippen LogP contribution is -2.18. The average molecular weight is 329 g/mol. The number of amides is 1. The van der Waals surface area contributed by atoms with Crippen molar-refractivity contribution in [2.24, 2.45) is 5.92 Å². The Labute approximate surface area is 139 Å². The standard InChI is InChI=1S/C18H19NO5/c1-3-23-18(22)15-8-12-14(24-15)7-4-10(2)17(12)19-16(21)9-13(20)11-5-6-11/h4,7-8,11H,3,5-6,9H2,1-2H3,(H,19,21). The maximum Gasteiger partial charge on any atom is 0.374 e. The van der Waals surface area contributed by atoms with Crippen molar-refractivity contribution < 1.29 is 23.5 Å². The smallest absolute Gasteiger partial charge is 0.374 e. The Morgan fingerprint density at radius 3 is 2.71 bits per heavy atom. The fraction of sp³-hybridized carbons (Fsp3) is 0.389. The van der Waals surface area contributed by atoms with Crippen LogP contribution in [-0.4, -0.2) is 24.3 Å². The number of benzene rings is 1. The Bertz CT molecular complexity index is 816. The van der Waals surface area contributed by atoms with Gasteiger partial charge in [-0.05, 0) is 38.3 Å². The zero-order chi connectivity index (χ0) is 17.3. The number of fused-ring (bicyclic) bond motifs is 1. The van der Waals surface area contributed by atoms with Gasteiger partial charge in [-0.2, -0.15) is 0 Å². The van der Waals surface area contributed by atoms with Gasteiger partial charge in [0.2, 0.25) is 11.7 Å². The van der Waals surface area contributed by atoms with Crippen molar-refractivity contribution in [3.8, 4) is 0 Å². The van der Waals surface area contributed by atoms with Crippen molar-refractivity contribution in [1.29, 1.82) is 0 Å². The number of esters is 1. The van der Waals surface area contributed by atoms with Gasteiger partial charge in [0.05, 0.1) is 18.7 Å². The van der Waals surface area contributed by atoms with Gasteiger partial charge in [-0.25, -0.2) is 4.79 Å². The predicted molar refractivity (Wildman–Crippen MR) is 87.9 cm³/mol. The average Bonchev–Trinajstić information content (AvgIpc) is 3.29. The number of hydrogen-bond donors (Lipinski definition) is 1. The van der Waals surface area contributed by atoms with E-state index in [1.165, 1.54) is 0 Å². The van der Waals surface area contributed by atoms with E-state index in [1.807, 2.05) is 6.92 Å². The summed E-state index contributed by atoms with van der Waals surface area (Å²) in [6.45, 7) is 3.81. The van der Waals surface area contributed by atoms with Crippen LogP contribution in [0.2, 0.25) is 0 Å². The van der Waals surface area contributed by atoms with Gasteiger partial charge in [-0.15, -0.1) is 0 Å². The van der Waals surface area contributed by atoms with Crippen LogP contribution < -0.4 is 5.32 Å². The second-order valence-electron chi connectivity index (χ2n) is 5.97. The van der Waals surface area contributed by atoms with Crippen molar-refractivity contribution in [1.82, 2.24) is 0 Å². The third kappa shape index (κ3) is 3.32. The van der Waals surface area contributed by atoms with Crippen LogP contribution >= 0.6 is 0 Å². The van der Waals surface area contributed by atoms with E-state index in [0.29, 0.717) is 16.7 Å². The molecule has 1 amide bonds. The number of carbonyl (C=O) groups excluding carboxylic acids is 3. The Kier molecular flexibility index (Phi) is 4.38. The fourth-order valence-electron chi connectivity index (χ4n) is 2.58. The fourth-order valence-corrected chi connectivity index (χ4v) is 2.58. The lowest BCUT2D eigenvalue weighted by Gasteiger charge is -2.09. The summed E-state index contributed by atoms with van der Waals surface area (Å²) in [5, 5.41) is 3.40. The Hall–Kier alpha value is -2.63. The molecule has 1 aliphatic carbocycles. The lowest BCUT2D eigenvalue weighted by atomic mass is 10.1. The minimum atomic E-state index is -0.549. The minimum Gasteiger partial charge on any atom is -0.460 e. The third-order valence-electron chi connectivity index (χ3n) is 4.02. The second kappa shape index (κ2) is 6.47. The molecule has 6 heteroatoms. The molecule has 1 aromatic carbocycles. The summed E-state index contributed by atoms with van der Waals surface area (Å²) in [6.07, 6.45) is 1.64. The third-order valence-corrected chi connectivity index (χ3v) is 4.02. The highest BCUT2D eigenvalue weighted by molar-refractivity contribution is 6.10. The first-order valence-corrected chi connectivity index (χ1v) is 8.02. The number of ether oxygens (including phenoxy) is 1. The molecule has 126 valence electrons. The summed E-state index contributed by atoms with van der Waals surface area (Å²) in [5.74, 6) is -0.773. The normalized spacial score (nSPS) is 13.8. The number of ketones is 1. The number of rotatable bonds is 6. The number of hydrogen-bond acceptors (Lipinski definition) is 5. The second-order valence-corrected chi connectivity index (χ2v) is 5.97. The molecule has 0 spiro atoms. The summed E-state index contributed by atoms with van der Waals surface area (Å²) < 4.78 is 10.4. The summed E-state index contributed by atoms with van der Waals surface area (Å²) in [4.78, 5) is 35.7. The zero-order valence-corrected chi connectivity index (χ0v) is 13.7. The molecule has 1 N–H and O–H groups in total. The number of aryl methyl sites for hydroxylation is 1. The largest absolute Gasteiger partial charge is 0.460 e. The van der Waals surface area contributed by atoms with Gasteiger partial charge in [-0.1, -0.05) is 6.07 Å². The van der Waals surface area contributed by atoms with E-state index in [-0.39, 0.29) is 36.4 Å². The van der Waals surface area contributed by atoms with Gasteiger partial charge in [0.15, 0.2) is 0 Å². The number of carbonyl (C=O) groups is 3. The molecule has 1 fully saturated rings. The van der Waals surface area contributed by atoms with Gasteiger partial charge >= 0.3 is 5.97 Å². The van der Waals surface area contributed by atoms with Crippen molar-refractivity contribution in [3.63, 3.8) is 0 Å². The lowest BCUT2D eigenvalue weighted by molar-refractivity contribution is -0.126. The first-order valence-electron chi connectivity index (χ1n) is 8.02. The molecule has 24 heavy (non-hydrogen) atoms. The Balaban J connectivity index is 1.85. The van der Waals surface area contributed by atoms with Crippen LogP contribution in [0, 0.1) is 12.8 Å². The monoisotopic (exact) mass is 329 g/mol. The first kappa shape index (κ1) is 16.2. The summed E-state index contributed by atoms with van der Waals surface area (Å²) in [7, 11) is 0. The molecule has 0 radical (unpaired) electrons. The van der Waals surface area contributed by atoms with Gasteiger partial charge in [0, 0.05) is 17.4 Å². The maximum absolute atomic E-state index is 12.1. The van der Waals surface area contributed by atoms with Crippen LogP contribution in [0.25, 0.3) is 11.0 Å². The van der Waals surface area contributed by atoms with Gasteiger partial charge in [0.25, 0.3) is 0 Å². The molecular formula is C18H19NO5. The highest BCUT2D eigenvalue weighted by atomic mass is 16.5. The molecule has 1 aliphatic rings. The summed E-state index contributed by atoms with van der Waals surface area (Å²) in [5.41, 5.74) is 1.86. The van der Waals surface area contributed by atoms with Crippen molar-refractivity contribution >= 4 is 34.3 Å². The minimum absolute atomic E-state index is 0.0169. The molecule has 0 atom stereocenters. The van der Waals surface area contributed by atoms with E-state index in [1.54, 1.807) is 25.1 Å². The van der Waals surface area contributed by atoms with E-state index in [4.69, 9.17) is 9.15 Å². The number of anilines is 1. The molecule has 3 rings (SSSR count). The molecular weight excluding hydrogens is 310 g/mol. The highest BCUT2D eigenvalue weighted by Gasteiger charge is 2.30. The van der Waals surface area contributed by atoms with Crippen LogP contribution in [-0.2, 0) is 14.3 Å². The Morgan fingerprint density at radius 2 is 2.04 bits per heavy atom. The van der Waals surface area contributed by atoms with Crippen LogP contribution in [0.3, 0.4) is 0 Å². The molecule has 0 aliphatic heterocycles. The summed E-state index contributed by atoms with van der Waals surface area (Å²) >= 11 is 0. The van der Waals surface area contributed by atoms with E-state index in [0.717, 1.165) is 18.4 Å². The van der Waals surface area contributed by atoms with Crippen LogP contribution in [0.4, 0.5) is 5.69 Å². The van der Waals surface area contributed by atoms with E-state index in [9.17, 15) is 14.4 Å². The van der Waals surface area contributed by atoms with Crippen LogP contribution in [0.1, 0.15) is 42.3 Å². The highest BCUT2D eigenvalue weighted by Crippen LogP contribution is 2.32. The van der Waals surface area contributed by atoms with Gasteiger partial charge in [-0.3, -0.25) is 9.59 Å². The quantitative estimate of drug-likeness (QED) is 0.649. The number of nitrogens with one attached hydrogen (secondary N) is 1. The van der Waals surface area contributed by atoms with Gasteiger partial charge in [0.1, 0.15) is 11.4 Å². The number of furan rings is 1. The van der Waals surface area contributed by atoms with E-state index >= 15 is 0 Å². The van der Waals surface area contributed by atoms with Crippen molar-refractivity contribution in [2.75, 3.05) is 11.9 Å². The van der Waals surface area contributed by atoms with Gasteiger partial charge < -0.3 is 14.5 Å². The molecule has 0 unspecified atom stereocenters. The molecule has 0 saturated heterocycles. The Morgan fingerprint density at radius 1 is 1.29 bits per heavy atom. The maximum atomic E-state index is 12.1. The molecule has 1 aromatic heterocycles. The summed E-state index contributed by atoms with van der Waals surface area (Å²) in [6, 6.07) is 5.08. The van der Waals surface area contributed by atoms with E-state index < -0.39 is 5.97 Å². The SMILES string of the molecule is CCOC(=O)c1cc2c(NC(=O)CC(=O)C3CC3)c(C)ccc2o1. The molecule has 1 saturated carbocycles. The molecule has 0 bridgehead atoms. The topological polar surface area (TPSA) is 85.6 Å². The number of Topliss-reactive ketones (excluding diaryl/α,β-unsaturated/α-hetero) is 1. The molecule has 1 heterocycles. The zero-order valence-electron chi connectivity index (χ0n) is 13.7. The van der Waals surface area contributed by atoms with Crippen molar-refractivity contribution in [2.45, 2.75) is 33.1 Å². The van der Waals surface area contributed by atoms with E-state index in [2.05, 4.69) is 5.32 Å².